The van der Waals surface area contributed by atoms with E-state index in [0.29, 0.717) is 24.3 Å². The van der Waals surface area contributed by atoms with Gasteiger partial charge in [0.2, 0.25) is 0 Å². The van der Waals surface area contributed by atoms with Gasteiger partial charge in [-0.15, -0.1) is 0 Å². The maximum absolute atomic E-state index is 12.2. The number of benzene rings is 1. The predicted octanol–water partition coefficient (Wildman–Crippen LogP) is 4.46. The van der Waals surface area contributed by atoms with E-state index in [2.05, 4.69) is 0 Å². The maximum atomic E-state index is 12.2. The minimum atomic E-state index is -0.777. The Morgan fingerprint density at radius 3 is 2.60 bits per heavy atom. The maximum Gasteiger partial charge on any atom is 0.146 e. The highest BCUT2D eigenvalue weighted by atomic mass is 35.5. The molecule has 0 amide bonds. The van der Waals surface area contributed by atoms with Gasteiger partial charge in [0, 0.05) is 11.4 Å². The zero-order valence-corrected chi connectivity index (χ0v) is 12.5. The summed E-state index contributed by atoms with van der Waals surface area (Å²) in [6.45, 7) is 1.54. The second-order valence-electron chi connectivity index (χ2n) is 5.43. The molecule has 1 atom stereocenters. The number of carbonyl (C=O) groups is 2. The third kappa shape index (κ3) is 3.18. The number of Topliss-reactive ketones (excluding diaryl/α,β-unsaturated/α-hetero) is 2. The smallest absolute Gasteiger partial charge is 0.146 e. The van der Waals surface area contributed by atoms with Crippen LogP contribution in [0.3, 0.4) is 0 Å². The molecule has 2 rings (SSSR count). The summed E-state index contributed by atoms with van der Waals surface area (Å²) in [5, 5.41) is 0.699. The summed E-state index contributed by atoms with van der Waals surface area (Å²) in [5.74, 6) is 0.111. The minimum absolute atomic E-state index is 0.00274. The van der Waals surface area contributed by atoms with Crippen molar-refractivity contribution in [3.05, 3.63) is 40.9 Å². The summed E-state index contributed by atoms with van der Waals surface area (Å²) >= 11 is 5.84. The standard InChI is InChI=1S/C17H19ClO2/c1-13(19)17(11-3-2-6-16(17)20)12-4-5-14-7-9-15(18)10-8-14/h4-5,7-10H,2-3,6,11-12H2,1H3/b5-4+/t17-/m0/s1. The van der Waals surface area contributed by atoms with E-state index in [0.717, 1.165) is 18.4 Å². The Balaban J connectivity index is 2.11. The molecule has 1 fully saturated rings. The van der Waals surface area contributed by atoms with Gasteiger partial charge < -0.3 is 0 Å². The number of carbonyl (C=O) groups excluding carboxylic acids is 2. The molecule has 2 nitrogen and oxygen atoms in total. The molecule has 1 aromatic rings. The molecule has 1 aliphatic carbocycles. The topological polar surface area (TPSA) is 34.1 Å². The Labute approximate surface area is 124 Å². The average Bonchev–Trinajstić information content (AvgIpc) is 2.43. The van der Waals surface area contributed by atoms with Gasteiger partial charge in [-0.3, -0.25) is 9.59 Å². The third-order valence-electron chi connectivity index (χ3n) is 4.11. The summed E-state index contributed by atoms with van der Waals surface area (Å²) < 4.78 is 0. The Morgan fingerprint density at radius 1 is 1.30 bits per heavy atom. The van der Waals surface area contributed by atoms with Crippen molar-refractivity contribution < 1.29 is 9.59 Å². The van der Waals surface area contributed by atoms with Crippen LogP contribution in [0.1, 0.15) is 44.6 Å². The van der Waals surface area contributed by atoms with Crippen molar-refractivity contribution in [3.63, 3.8) is 0 Å². The number of hydrogen-bond acceptors (Lipinski definition) is 2. The lowest BCUT2D eigenvalue weighted by molar-refractivity contribution is -0.141. The molecule has 1 saturated carbocycles. The van der Waals surface area contributed by atoms with Crippen molar-refractivity contribution in [2.45, 2.75) is 39.0 Å². The zero-order chi connectivity index (χ0) is 14.6. The fourth-order valence-corrected chi connectivity index (χ4v) is 2.92. The van der Waals surface area contributed by atoms with Gasteiger partial charge >= 0.3 is 0 Å². The number of allylic oxidation sites excluding steroid dienone is 1. The van der Waals surface area contributed by atoms with Crippen LogP contribution in [-0.2, 0) is 9.59 Å². The van der Waals surface area contributed by atoms with Crippen LogP contribution in [0.15, 0.2) is 30.3 Å². The van der Waals surface area contributed by atoms with Crippen molar-refractivity contribution in [2.75, 3.05) is 0 Å². The highest BCUT2D eigenvalue weighted by Crippen LogP contribution is 2.37. The van der Waals surface area contributed by atoms with Gasteiger partial charge in [-0.05, 0) is 43.9 Å². The zero-order valence-electron chi connectivity index (χ0n) is 11.7. The lowest BCUT2D eigenvalue weighted by atomic mass is 9.68. The van der Waals surface area contributed by atoms with Crippen molar-refractivity contribution in [3.8, 4) is 0 Å². The first-order valence-corrected chi connectivity index (χ1v) is 7.39. The molecule has 20 heavy (non-hydrogen) atoms. The number of hydrogen-bond donors (Lipinski definition) is 0. The molecule has 0 aromatic heterocycles. The van der Waals surface area contributed by atoms with Crippen LogP contribution >= 0.6 is 11.6 Å². The molecule has 3 heteroatoms. The van der Waals surface area contributed by atoms with Gasteiger partial charge in [0.15, 0.2) is 0 Å². The molecule has 0 saturated heterocycles. The molecule has 0 bridgehead atoms. The summed E-state index contributed by atoms with van der Waals surface area (Å²) in [6.07, 6.45) is 7.48. The van der Waals surface area contributed by atoms with Crippen LogP contribution in [0.4, 0.5) is 0 Å². The highest BCUT2D eigenvalue weighted by Gasteiger charge is 2.42. The van der Waals surface area contributed by atoms with Crippen LogP contribution in [0.5, 0.6) is 0 Å². The fourth-order valence-electron chi connectivity index (χ4n) is 2.79. The van der Waals surface area contributed by atoms with E-state index >= 15 is 0 Å². The van der Waals surface area contributed by atoms with Crippen LogP contribution in [0, 0.1) is 5.41 Å². The Kier molecular flexibility index (Phi) is 4.77. The van der Waals surface area contributed by atoms with E-state index in [4.69, 9.17) is 11.6 Å². The van der Waals surface area contributed by atoms with Crippen molar-refractivity contribution in [2.24, 2.45) is 5.41 Å². The molecule has 1 aliphatic rings. The highest BCUT2D eigenvalue weighted by molar-refractivity contribution is 6.30. The summed E-state index contributed by atoms with van der Waals surface area (Å²) in [4.78, 5) is 24.1. The third-order valence-corrected chi connectivity index (χ3v) is 4.36. The number of halogens is 1. The molecule has 0 radical (unpaired) electrons. The largest absolute Gasteiger partial charge is 0.299 e. The lowest BCUT2D eigenvalue weighted by Gasteiger charge is -2.32. The van der Waals surface area contributed by atoms with E-state index in [1.165, 1.54) is 0 Å². The van der Waals surface area contributed by atoms with Gasteiger partial charge in [-0.1, -0.05) is 42.3 Å². The van der Waals surface area contributed by atoms with E-state index in [1.807, 2.05) is 36.4 Å². The molecule has 106 valence electrons. The molecule has 0 spiro atoms. The predicted molar refractivity (Wildman–Crippen MR) is 81.7 cm³/mol. The van der Waals surface area contributed by atoms with Crippen LogP contribution in [0.25, 0.3) is 6.08 Å². The molecular formula is C17H19ClO2. The van der Waals surface area contributed by atoms with Gasteiger partial charge in [-0.2, -0.15) is 0 Å². The van der Waals surface area contributed by atoms with E-state index in [1.54, 1.807) is 6.92 Å². The summed E-state index contributed by atoms with van der Waals surface area (Å²) in [7, 11) is 0. The van der Waals surface area contributed by atoms with Crippen LogP contribution in [-0.4, -0.2) is 11.6 Å². The Morgan fingerprint density at radius 2 is 2.00 bits per heavy atom. The second-order valence-corrected chi connectivity index (χ2v) is 5.86. The van der Waals surface area contributed by atoms with E-state index in [-0.39, 0.29) is 11.6 Å². The first-order valence-electron chi connectivity index (χ1n) is 7.01. The van der Waals surface area contributed by atoms with Gasteiger partial charge in [-0.25, -0.2) is 0 Å². The van der Waals surface area contributed by atoms with Crippen molar-refractivity contribution >= 4 is 29.2 Å². The lowest BCUT2D eigenvalue weighted by Crippen LogP contribution is -2.40. The SMILES string of the molecule is CC(=O)[C@@]1(C/C=C/c2ccc(Cl)cc2)CCCCC1=O. The quantitative estimate of drug-likeness (QED) is 0.767. The first-order chi connectivity index (χ1) is 9.54. The minimum Gasteiger partial charge on any atom is -0.299 e. The average molecular weight is 291 g/mol. The van der Waals surface area contributed by atoms with E-state index < -0.39 is 5.41 Å². The van der Waals surface area contributed by atoms with E-state index in [9.17, 15) is 9.59 Å². The molecule has 1 aromatic carbocycles. The first kappa shape index (κ1) is 15.0. The Bertz CT molecular complexity index is 530. The molecule has 0 heterocycles. The fraction of sp³-hybridized carbons (Fsp3) is 0.412. The van der Waals surface area contributed by atoms with Gasteiger partial charge in [0.1, 0.15) is 11.6 Å². The summed E-state index contributed by atoms with van der Waals surface area (Å²) in [6, 6.07) is 7.49. The number of ketones is 2. The molecule has 0 unspecified atom stereocenters. The Hall–Kier alpha value is -1.41. The molecule has 0 N–H and O–H groups in total. The molecule has 0 aliphatic heterocycles. The summed E-state index contributed by atoms with van der Waals surface area (Å²) in [5.41, 5.74) is 0.248. The monoisotopic (exact) mass is 290 g/mol. The van der Waals surface area contributed by atoms with Gasteiger partial charge in [0.05, 0.1) is 5.41 Å². The normalized spacial score (nSPS) is 23.2. The van der Waals surface area contributed by atoms with Crippen LogP contribution < -0.4 is 0 Å². The second kappa shape index (κ2) is 6.36. The van der Waals surface area contributed by atoms with Crippen LogP contribution in [0.2, 0.25) is 5.02 Å². The van der Waals surface area contributed by atoms with Crippen molar-refractivity contribution in [1.29, 1.82) is 0 Å². The van der Waals surface area contributed by atoms with Crippen molar-refractivity contribution in [1.82, 2.24) is 0 Å². The molecular weight excluding hydrogens is 272 g/mol. The number of rotatable bonds is 4. The van der Waals surface area contributed by atoms with Gasteiger partial charge in [0.25, 0.3) is 0 Å².